The van der Waals surface area contributed by atoms with E-state index in [1.54, 1.807) is 4.31 Å². The third-order valence-electron chi connectivity index (χ3n) is 2.69. The van der Waals surface area contributed by atoms with Gasteiger partial charge in [0.25, 0.3) is 0 Å². The Bertz CT molecular complexity index is 388. The normalized spacial score (nSPS) is 17.4. The van der Waals surface area contributed by atoms with E-state index in [9.17, 15) is 8.42 Å². The van der Waals surface area contributed by atoms with Crippen molar-refractivity contribution >= 4 is 22.0 Å². The molecule has 0 bridgehead atoms. The first kappa shape index (κ1) is 17.8. The third kappa shape index (κ3) is 7.09. The van der Waals surface area contributed by atoms with Crippen LogP contribution in [0.25, 0.3) is 0 Å². The zero-order chi connectivity index (χ0) is 15.1. The van der Waals surface area contributed by atoms with Crippen LogP contribution in [0.1, 0.15) is 19.8 Å². The summed E-state index contributed by atoms with van der Waals surface area (Å²) in [7, 11) is -3.05. The summed E-state index contributed by atoms with van der Waals surface area (Å²) in [6.07, 6.45) is 1.95. The molecule has 19 heavy (non-hydrogen) atoms. The van der Waals surface area contributed by atoms with Crippen LogP contribution < -0.4 is 5.73 Å². The molecular weight excluding hydrogens is 276 g/mol. The molecule has 1 aliphatic heterocycles. The SMILES string of the molecule is CC1CCN(S(=O)(=O)CCN)CC1.O=C(O)C(=O)O. The van der Waals surface area contributed by atoms with Crippen molar-refractivity contribution in [3.8, 4) is 0 Å². The number of hydrogen-bond donors (Lipinski definition) is 3. The van der Waals surface area contributed by atoms with Crippen LogP contribution in [-0.2, 0) is 19.6 Å². The van der Waals surface area contributed by atoms with Gasteiger partial charge >= 0.3 is 11.9 Å². The Labute approximate surface area is 112 Å². The molecule has 0 amide bonds. The molecular formula is C10H20N2O6S. The Morgan fingerprint density at radius 2 is 1.63 bits per heavy atom. The minimum atomic E-state index is -3.05. The van der Waals surface area contributed by atoms with E-state index >= 15 is 0 Å². The van der Waals surface area contributed by atoms with Gasteiger partial charge in [-0.25, -0.2) is 22.3 Å². The lowest BCUT2D eigenvalue weighted by Crippen LogP contribution is -2.40. The van der Waals surface area contributed by atoms with Crippen molar-refractivity contribution in [2.45, 2.75) is 19.8 Å². The first-order chi connectivity index (χ1) is 8.70. The van der Waals surface area contributed by atoms with Gasteiger partial charge in [-0.15, -0.1) is 0 Å². The minimum absolute atomic E-state index is 0.0847. The number of piperidine rings is 1. The lowest BCUT2D eigenvalue weighted by atomic mass is 10.0. The fourth-order valence-corrected chi connectivity index (χ4v) is 2.86. The quantitative estimate of drug-likeness (QED) is 0.577. The summed E-state index contributed by atoms with van der Waals surface area (Å²) in [4.78, 5) is 18.2. The molecule has 0 radical (unpaired) electrons. The van der Waals surface area contributed by atoms with Crippen molar-refractivity contribution in [1.82, 2.24) is 4.31 Å². The van der Waals surface area contributed by atoms with Crippen LogP contribution >= 0.6 is 0 Å². The molecule has 0 unspecified atom stereocenters. The Morgan fingerprint density at radius 1 is 1.21 bits per heavy atom. The molecule has 1 heterocycles. The Balaban J connectivity index is 0.000000459. The number of hydrogen-bond acceptors (Lipinski definition) is 5. The van der Waals surface area contributed by atoms with Gasteiger partial charge in [0, 0.05) is 19.6 Å². The van der Waals surface area contributed by atoms with Crippen molar-refractivity contribution in [3.05, 3.63) is 0 Å². The average molecular weight is 296 g/mol. The molecule has 8 nitrogen and oxygen atoms in total. The Morgan fingerprint density at radius 3 is 1.95 bits per heavy atom. The smallest absolute Gasteiger partial charge is 0.414 e. The standard InChI is InChI=1S/C8H18N2O2S.C2H2O4/c1-8-2-5-10(6-3-8)13(11,12)7-4-9;3-1(4)2(5)6/h8H,2-7,9H2,1H3;(H,3,4)(H,5,6). The van der Waals surface area contributed by atoms with E-state index in [2.05, 4.69) is 6.92 Å². The predicted octanol–water partition coefficient (Wildman–Crippen LogP) is -0.838. The highest BCUT2D eigenvalue weighted by Gasteiger charge is 2.25. The predicted molar refractivity (Wildman–Crippen MR) is 68.1 cm³/mol. The fourth-order valence-electron chi connectivity index (χ4n) is 1.54. The van der Waals surface area contributed by atoms with E-state index in [4.69, 9.17) is 25.5 Å². The summed E-state index contributed by atoms with van der Waals surface area (Å²) in [6, 6.07) is 0. The monoisotopic (exact) mass is 296 g/mol. The van der Waals surface area contributed by atoms with Crippen LogP contribution in [0.15, 0.2) is 0 Å². The molecule has 1 rings (SSSR count). The van der Waals surface area contributed by atoms with Crippen molar-refractivity contribution in [1.29, 1.82) is 0 Å². The average Bonchev–Trinajstić information content (AvgIpc) is 2.30. The van der Waals surface area contributed by atoms with Crippen molar-refractivity contribution in [2.24, 2.45) is 11.7 Å². The molecule has 4 N–H and O–H groups in total. The summed E-state index contributed by atoms with van der Waals surface area (Å²) < 4.78 is 24.6. The summed E-state index contributed by atoms with van der Waals surface area (Å²) >= 11 is 0. The van der Waals surface area contributed by atoms with Crippen LogP contribution in [0.5, 0.6) is 0 Å². The van der Waals surface area contributed by atoms with E-state index in [-0.39, 0.29) is 12.3 Å². The van der Waals surface area contributed by atoms with Gasteiger partial charge in [0.05, 0.1) is 5.75 Å². The number of aliphatic carboxylic acids is 2. The first-order valence-electron chi connectivity index (χ1n) is 5.84. The highest BCUT2D eigenvalue weighted by atomic mass is 32.2. The minimum Gasteiger partial charge on any atom is -0.473 e. The highest BCUT2D eigenvalue weighted by Crippen LogP contribution is 2.18. The van der Waals surface area contributed by atoms with E-state index in [1.165, 1.54) is 0 Å². The molecule has 0 aromatic carbocycles. The zero-order valence-corrected chi connectivity index (χ0v) is 11.6. The second kappa shape index (κ2) is 8.08. The van der Waals surface area contributed by atoms with E-state index < -0.39 is 22.0 Å². The summed E-state index contributed by atoms with van der Waals surface area (Å²) in [6.45, 7) is 3.72. The topological polar surface area (TPSA) is 138 Å². The highest BCUT2D eigenvalue weighted by molar-refractivity contribution is 7.89. The lowest BCUT2D eigenvalue weighted by molar-refractivity contribution is -0.159. The molecule has 1 aliphatic rings. The van der Waals surface area contributed by atoms with Crippen molar-refractivity contribution in [3.63, 3.8) is 0 Å². The maximum Gasteiger partial charge on any atom is 0.414 e. The lowest BCUT2D eigenvalue weighted by Gasteiger charge is -2.29. The van der Waals surface area contributed by atoms with E-state index in [1.807, 2.05) is 0 Å². The number of rotatable bonds is 3. The van der Waals surface area contributed by atoms with Gasteiger partial charge in [-0.1, -0.05) is 6.92 Å². The molecule has 0 aromatic heterocycles. The number of nitrogens with zero attached hydrogens (tertiary/aromatic N) is 1. The third-order valence-corrected chi connectivity index (χ3v) is 4.60. The first-order valence-corrected chi connectivity index (χ1v) is 7.45. The van der Waals surface area contributed by atoms with Crippen LogP contribution in [0.2, 0.25) is 0 Å². The molecule has 0 saturated carbocycles. The van der Waals surface area contributed by atoms with Gasteiger partial charge < -0.3 is 15.9 Å². The number of carboxylic acids is 2. The molecule has 0 aromatic rings. The van der Waals surface area contributed by atoms with Gasteiger partial charge in [-0.2, -0.15) is 0 Å². The second-order valence-electron chi connectivity index (χ2n) is 4.30. The maximum absolute atomic E-state index is 11.5. The molecule has 112 valence electrons. The fraction of sp³-hybridized carbons (Fsp3) is 0.800. The van der Waals surface area contributed by atoms with Gasteiger partial charge in [0.2, 0.25) is 10.0 Å². The zero-order valence-electron chi connectivity index (χ0n) is 10.8. The second-order valence-corrected chi connectivity index (χ2v) is 6.39. The molecule has 0 atom stereocenters. The van der Waals surface area contributed by atoms with Crippen LogP contribution in [0.4, 0.5) is 0 Å². The van der Waals surface area contributed by atoms with Gasteiger partial charge in [0.15, 0.2) is 0 Å². The van der Waals surface area contributed by atoms with Crippen molar-refractivity contribution < 1.29 is 28.2 Å². The summed E-state index contributed by atoms with van der Waals surface area (Å²) in [5.74, 6) is -2.91. The van der Waals surface area contributed by atoms with E-state index in [0.717, 1.165) is 12.8 Å². The number of nitrogens with two attached hydrogens (primary N) is 1. The molecule has 9 heteroatoms. The summed E-state index contributed by atoms with van der Waals surface area (Å²) in [5.41, 5.74) is 5.24. The maximum atomic E-state index is 11.5. The van der Waals surface area contributed by atoms with Crippen LogP contribution in [0.3, 0.4) is 0 Å². The molecule has 0 aliphatic carbocycles. The number of carbonyl (C=O) groups is 2. The van der Waals surface area contributed by atoms with E-state index in [0.29, 0.717) is 19.0 Å². The van der Waals surface area contributed by atoms with Crippen LogP contribution in [-0.4, -0.2) is 60.3 Å². The summed E-state index contributed by atoms with van der Waals surface area (Å²) in [5, 5.41) is 14.8. The van der Waals surface area contributed by atoms with Gasteiger partial charge in [-0.05, 0) is 18.8 Å². The van der Waals surface area contributed by atoms with Crippen LogP contribution in [0, 0.1) is 5.92 Å². The Hall–Kier alpha value is -1.19. The molecule has 1 saturated heterocycles. The van der Waals surface area contributed by atoms with Crippen molar-refractivity contribution in [2.75, 3.05) is 25.4 Å². The number of carboxylic acid groups (broad SMARTS) is 2. The van der Waals surface area contributed by atoms with Gasteiger partial charge in [-0.3, -0.25) is 0 Å². The van der Waals surface area contributed by atoms with Gasteiger partial charge in [0.1, 0.15) is 0 Å². The Kier molecular flexibility index (Phi) is 7.57. The largest absolute Gasteiger partial charge is 0.473 e. The molecule has 0 spiro atoms. The number of sulfonamides is 1. The molecule has 1 fully saturated rings.